The number of pyridine rings is 1. The molecule has 2 N–H and O–H groups in total. The van der Waals surface area contributed by atoms with Crippen LogP contribution in [0.3, 0.4) is 0 Å². The Morgan fingerprint density at radius 2 is 2.20 bits per heavy atom. The van der Waals surface area contributed by atoms with E-state index >= 15 is 0 Å². The predicted molar refractivity (Wildman–Crippen MR) is 79.7 cm³/mol. The summed E-state index contributed by atoms with van der Waals surface area (Å²) in [6, 6.07) is 0.602. The third-order valence-corrected chi connectivity index (χ3v) is 3.84. The van der Waals surface area contributed by atoms with Crippen molar-refractivity contribution in [2.45, 2.75) is 25.8 Å². The minimum atomic E-state index is 0.602. The van der Waals surface area contributed by atoms with Gasteiger partial charge in [0.25, 0.3) is 0 Å². The lowest BCUT2D eigenvalue weighted by atomic mass is 10.1. The molecule has 0 aromatic carbocycles. The van der Waals surface area contributed by atoms with Gasteiger partial charge in [-0.1, -0.05) is 0 Å². The summed E-state index contributed by atoms with van der Waals surface area (Å²) in [5.74, 6) is 0. The number of nitrogens with one attached hydrogen (secondary N) is 2. The Hall–Kier alpha value is -2.30. The monoisotopic (exact) mass is 267 g/mol. The fourth-order valence-corrected chi connectivity index (χ4v) is 2.61. The van der Waals surface area contributed by atoms with E-state index in [-0.39, 0.29) is 0 Å². The quantitative estimate of drug-likeness (QED) is 0.767. The normalized spacial score (nSPS) is 14.9. The van der Waals surface area contributed by atoms with Gasteiger partial charge in [0.05, 0.1) is 11.9 Å². The highest BCUT2D eigenvalue weighted by Gasteiger charge is 2.24. The van der Waals surface area contributed by atoms with Crippen molar-refractivity contribution in [2.24, 2.45) is 7.05 Å². The lowest BCUT2D eigenvalue weighted by molar-refractivity contribution is 0.768. The van der Waals surface area contributed by atoms with Crippen LogP contribution in [-0.2, 0) is 7.05 Å². The number of aryl methyl sites for hydroxylation is 2. The minimum absolute atomic E-state index is 0.602. The highest BCUT2D eigenvalue weighted by atomic mass is 15.2. The summed E-state index contributed by atoms with van der Waals surface area (Å²) in [4.78, 5) is 7.78. The SMILES string of the molecule is Cc1c[nH]c2ncc(-c3cnn(C)c3)c(NC3CC3)c12. The molecular formula is C15H17N5. The standard InChI is InChI=1S/C15H17N5/c1-9-5-16-15-13(9)14(19-11-3-4-11)12(7-17-15)10-6-18-20(2)8-10/h5-8,11H,3-4H2,1-2H3,(H2,16,17,19). The molecule has 1 saturated carbocycles. The Kier molecular flexibility index (Phi) is 2.36. The van der Waals surface area contributed by atoms with Gasteiger partial charge in [-0.2, -0.15) is 5.10 Å². The first-order chi connectivity index (χ1) is 9.72. The lowest BCUT2D eigenvalue weighted by Gasteiger charge is -2.12. The molecule has 0 atom stereocenters. The Bertz CT molecular complexity index is 779. The zero-order valence-corrected chi connectivity index (χ0v) is 11.6. The lowest BCUT2D eigenvalue weighted by Crippen LogP contribution is -2.04. The molecule has 0 spiro atoms. The average molecular weight is 267 g/mol. The van der Waals surface area contributed by atoms with Crippen LogP contribution in [0.1, 0.15) is 18.4 Å². The van der Waals surface area contributed by atoms with Crippen LogP contribution in [0.2, 0.25) is 0 Å². The molecule has 5 heteroatoms. The second kappa shape index (κ2) is 4.10. The number of hydrogen-bond donors (Lipinski definition) is 2. The molecule has 5 nitrogen and oxygen atoms in total. The third kappa shape index (κ3) is 1.78. The van der Waals surface area contributed by atoms with Crippen LogP contribution in [0, 0.1) is 6.92 Å². The van der Waals surface area contributed by atoms with Crippen LogP contribution in [0.5, 0.6) is 0 Å². The maximum Gasteiger partial charge on any atom is 0.139 e. The van der Waals surface area contributed by atoms with E-state index in [1.807, 2.05) is 36.5 Å². The second-order valence-corrected chi connectivity index (χ2v) is 5.56. The Morgan fingerprint density at radius 3 is 2.90 bits per heavy atom. The van der Waals surface area contributed by atoms with E-state index in [1.165, 1.54) is 29.5 Å². The van der Waals surface area contributed by atoms with E-state index < -0.39 is 0 Å². The van der Waals surface area contributed by atoms with Gasteiger partial charge in [0, 0.05) is 48.2 Å². The van der Waals surface area contributed by atoms with Gasteiger partial charge in [0.15, 0.2) is 0 Å². The molecule has 3 aromatic rings. The largest absolute Gasteiger partial charge is 0.381 e. The van der Waals surface area contributed by atoms with Crippen LogP contribution < -0.4 is 5.32 Å². The molecule has 0 bridgehead atoms. The van der Waals surface area contributed by atoms with E-state index in [0.29, 0.717) is 6.04 Å². The number of H-pyrrole nitrogens is 1. The molecule has 1 aliphatic rings. The smallest absolute Gasteiger partial charge is 0.139 e. The Balaban J connectivity index is 1.96. The summed E-state index contributed by atoms with van der Waals surface area (Å²) < 4.78 is 1.82. The van der Waals surface area contributed by atoms with Crippen LogP contribution in [0.15, 0.2) is 24.8 Å². The van der Waals surface area contributed by atoms with Crippen molar-refractivity contribution in [3.63, 3.8) is 0 Å². The van der Waals surface area contributed by atoms with Crippen molar-refractivity contribution in [1.82, 2.24) is 19.7 Å². The van der Waals surface area contributed by atoms with Crippen LogP contribution in [-0.4, -0.2) is 25.8 Å². The van der Waals surface area contributed by atoms with E-state index in [9.17, 15) is 0 Å². The van der Waals surface area contributed by atoms with E-state index in [2.05, 4.69) is 27.3 Å². The van der Waals surface area contributed by atoms with Gasteiger partial charge >= 0.3 is 0 Å². The van der Waals surface area contributed by atoms with Crippen LogP contribution in [0.25, 0.3) is 22.2 Å². The van der Waals surface area contributed by atoms with Gasteiger partial charge in [-0.05, 0) is 25.3 Å². The summed E-state index contributed by atoms with van der Waals surface area (Å²) in [6.07, 6.45) is 10.4. The van der Waals surface area contributed by atoms with Gasteiger partial charge in [-0.15, -0.1) is 0 Å². The van der Waals surface area contributed by atoms with Crippen molar-refractivity contribution in [2.75, 3.05) is 5.32 Å². The molecule has 0 aliphatic heterocycles. The molecule has 3 aromatic heterocycles. The molecule has 1 fully saturated rings. The molecule has 3 heterocycles. The fraction of sp³-hybridized carbons (Fsp3) is 0.333. The fourth-order valence-electron chi connectivity index (χ4n) is 2.61. The van der Waals surface area contributed by atoms with Gasteiger partial charge in [0.2, 0.25) is 0 Å². The molecular weight excluding hydrogens is 250 g/mol. The van der Waals surface area contributed by atoms with E-state index in [4.69, 9.17) is 0 Å². The topological polar surface area (TPSA) is 58.5 Å². The highest BCUT2D eigenvalue weighted by Crippen LogP contribution is 2.38. The van der Waals surface area contributed by atoms with Crippen molar-refractivity contribution in [1.29, 1.82) is 0 Å². The number of fused-ring (bicyclic) bond motifs is 1. The molecule has 102 valence electrons. The molecule has 0 radical (unpaired) electrons. The summed E-state index contributed by atoms with van der Waals surface area (Å²) in [5, 5.41) is 9.13. The number of aromatic nitrogens is 4. The highest BCUT2D eigenvalue weighted by molar-refractivity contribution is 6.00. The number of anilines is 1. The van der Waals surface area contributed by atoms with E-state index in [0.717, 1.165) is 16.8 Å². The Labute approximate surface area is 117 Å². The van der Waals surface area contributed by atoms with Gasteiger partial charge < -0.3 is 10.3 Å². The average Bonchev–Trinajstić information content (AvgIpc) is 3.02. The van der Waals surface area contributed by atoms with Gasteiger partial charge in [0.1, 0.15) is 5.65 Å². The molecule has 0 saturated heterocycles. The molecule has 20 heavy (non-hydrogen) atoms. The van der Waals surface area contributed by atoms with E-state index in [1.54, 1.807) is 0 Å². The van der Waals surface area contributed by atoms with Gasteiger partial charge in [-0.3, -0.25) is 4.68 Å². The van der Waals surface area contributed by atoms with Crippen molar-refractivity contribution in [3.8, 4) is 11.1 Å². The van der Waals surface area contributed by atoms with Gasteiger partial charge in [-0.25, -0.2) is 4.98 Å². The van der Waals surface area contributed by atoms with Crippen molar-refractivity contribution >= 4 is 16.7 Å². The maximum absolute atomic E-state index is 4.54. The Morgan fingerprint density at radius 1 is 1.35 bits per heavy atom. The predicted octanol–water partition coefficient (Wildman–Crippen LogP) is 2.85. The first kappa shape index (κ1) is 11.5. The number of nitrogens with zero attached hydrogens (tertiary/aromatic N) is 3. The van der Waals surface area contributed by atoms with Crippen LogP contribution in [0.4, 0.5) is 5.69 Å². The second-order valence-electron chi connectivity index (χ2n) is 5.56. The van der Waals surface area contributed by atoms with Crippen molar-refractivity contribution in [3.05, 3.63) is 30.4 Å². The maximum atomic E-state index is 4.54. The number of hydrogen-bond acceptors (Lipinski definition) is 3. The number of aromatic amines is 1. The molecule has 0 unspecified atom stereocenters. The first-order valence-corrected chi connectivity index (χ1v) is 6.94. The summed E-state index contributed by atoms with van der Waals surface area (Å²) >= 11 is 0. The molecule has 4 rings (SSSR count). The first-order valence-electron chi connectivity index (χ1n) is 6.94. The summed E-state index contributed by atoms with van der Waals surface area (Å²) in [7, 11) is 1.94. The number of rotatable bonds is 3. The zero-order valence-electron chi connectivity index (χ0n) is 11.6. The van der Waals surface area contributed by atoms with Crippen molar-refractivity contribution < 1.29 is 0 Å². The molecule has 0 amide bonds. The van der Waals surface area contributed by atoms with Crippen LogP contribution >= 0.6 is 0 Å². The zero-order chi connectivity index (χ0) is 13.7. The minimum Gasteiger partial charge on any atom is -0.381 e. The third-order valence-electron chi connectivity index (χ3n) is 3.84. The summed E-state index contributed by atoms with van der Waals surface area (Å²) in [6.45, 7) is 2.12. The summed E-state index contributed by atoms with van der Waals surface area (Å²) in [5.41, 5.74) is 5.58. The molecule has 1 aliphatic carbocycles.